The third-order valence-corrected chi connectivity index (χ3v) is 5.77. The largest absolute Gasteiger partial charge is 0.496 e. The van der Waals surface area contributed by atoms with E-state index >= 15 is 0 Å². The van der Waals surface area contributed by atoms with Gasteiger partial charge in [-0.05, 0) is 17.5 Å². The van der Waals surface area contributed by atoms with Crippen LogP contribution < -0.4 is 4.74 Å². The van der Waals surface area contributed by atoms with Crippen molar-refractivity contribution < 1.29 is 23.5 Å². The van der Waals surface area contributed by atoms with Gasteiger partial charge in [0.1, 0.15) is 18.1 Å². The van der Waals surface area contributed by atoms with E-state index in [-0.39, 0.29) is 30.3 Å². The summed E-state index contributed by atoms with van der Waals surface area (Å²) in [6.07, 6.45) is 0.616. The summed E-state index contributed by atoms with van der Waals surface area (Å²) in [6, 6.07) is 13.3. The molecule has 2 aromatic rings. The predicted octanol–water partition coefficient (Wildman–Crippen LogP) is 4.42. The van der Waals surface area contributed by atoms with Gasteiger partial charge in [0.05, 0.1) is 25.5 Å². The number of ether oxygens (including phenoxy) is 2. The summed E-state index contributed by atoms with van der Waals surface area (Å²) in [5, 5.41) is 5.92. The lowest BCUT2D eigenvalue weighted by atomic mass is 9.91. The standard InChI is InChI=1S/C27H34FN3O4/c1-27(2,3)17-25(32)30(14-15-34-4)18-26(33)31-23(20-11-7-9-13-24(20)35-5)16-22(29-31)19-10-6-8-12-21(19)28/h6-13,23H,14-18H2,1-5H3/t23-/m0/s1. The molecule has 1 atom stereocenters. The molecule has 0 saturated carbocycles. The van der Waals surface area contributed by atoms with E-state index in [2.05, 4.69) is 5.10 Å². The molecule has 188 valence electrons. The smallest absolute Gasteiger partial charge is 0.262 e. The third kappa shape index (κ3) is 6.66. The van der Waals surface area contributed by atoms with Crippen molar-refractivity contribution in [2.75, 3.05) is 33.9 Å². The molecule has 7 nitrogen and oxygen atoms in total. The second-order valence-electron chi connectivity index (χ2n) is 9.77. The molecule has 2 amide bonds. The van der Waals surface area contributed by atoms with Crippen molar-refractivity contribution in [2.24, 2.45) is 10.5 Å². The van der Waals surface area contributed by atoms with Crippen LogP contribution in [0.3, 0.4) is 0 Å². The van der Waals surface area contributed by atoms with Crippen LogP contribution in [0.15, 0.2) is 53.6 Å². The lowest BCUT2D eigenvalue weighted by molar-refractivity contribution is -0.143. The molecule has 35 heavy (non-hydrogen) atoms. The number of nitrogens with zero attached hydrogens (tertiary/aromatic N) is 3. The van der Waals surface area contributed by atoms with Gasteiger partial charge in [-0.2, -0.15) is 5.10 Å². The van der Waals surface area contributed by atoms with Gasteiger partial charge in [-0.25, -0.2) is 9.40 Å². The maximum atomic E-state index is 14.6. The molecule has 0 spiro atoms. The molecule has 0 aliphatic carbocycles. The Morgan fingerprint density at radius 3 is 2.46 bits per heavy atom. The Kier molecular flexibility index (Phi) is 8.62. The summed E-state index contributed by atoms with van der Waals surface area (Å²) < 4.78 is 25.3. The minimum absolute atomic E-state index is 0.130. The molecule has 2 aromatic carbocycles. The molecule has 0 fully saturated rings. The van der Waals surface area contributed by atoms with Crippen LogP contribution in [0.25, 0.3) is 0 Å². The van der Waals surface area contributed by atoms with Gasteiger partial charge >= 0.3 is 0 Å². The fourth-order valence-corrected chi connectivity index (χ4v) is 4.08. The molecule has 0 N–H and O–H groups in total. The number of hydrazone groups is 1. The molecule has 0 saturated heterocycles. The predicted molar refractivity (Wildman–Crippen MR) is 133 cm³/mol. The second kappa shape index (κ2) is 11.4. The van der Waals surface area contributed by atoms with Crippen molar-refractivity contribution in [1.82, 2.24) is 9.91 Å². The lowest BCUT2D eigenvalue weighted by Gasteiger charge is -2.29. The Balaban J connectivity index is 1.94. The van der Waals surface area contributed by atoms with Gasteiger partial charge in [0.15, 0.2) is 0 Å². The highest BCUT2D eigenvalue weighted by molar-refractivity contribution is 6.03. The van der Waals surface area contributed by atoms with Crippen LogP contribution in [0, 0.1) is 11.2 Å². The van der Waals surface area contributed by atoms with E-state index in [1.54, 1.807) is 32.4 Å². The molecule has 0 aromatic heterocycles. The first kappa shape index (κ1) is 26.3. The number of methoxy groups -OCH3 is 2. The van der Waals surface area contributed by atoms with Gasteiger partial charge < -0.3 is 14.4 Å². The first-order valence-corrected chi connectivity index (χ1v) is 11.7. The van der Waals surface area contributed by atoms with Crippen LogP contribution >= 0.6 is 0 Å². The van der Waals surface area contributed by atoms with Crippen LogP contribution in [0.5, 0.6) is 5.75 Å². The van der Waals surface area contributed by atoms with E-state index < -0.39 is 11.9 Å². The number of benzene rings is 2. The molecular formula is C27H34FN3O4. The molecule has 0 bridgehead atoms. The van der Waals surface area contributed by atoms with E-state index in [1.165, 1.54) is 16.0 Å². The van der Waals surface area contributed by atoms with Crippen LogP contribution in [-0.2, 0) is 14.3 Å². The van der Waals surface area contributed by atoms with Gasteiger partial charge in [0, 0.05) is 37.6 Å². The number of para-hydroxylation sites is 1. The maximum Gasteiger partial charge on any atom is 0.262 e. The van der Waals surface area contributed by atoms with Gasteiger partial charge in [0.25, 0.3) is 5.91 Å². The second-order valence-corrected chi connectivity index (χ2v) is 9.77. The summed E-state index contributed by atoms with van der Waals surface area (Å²) in [7, 11) is 3.12. The third-order valence-electron chi connectivity index (χ3n) is 5.77. The Bertz CT molecular complexity index is 1080. The van der Waals surface area contributed by atoms with E-state index in [9.17, 15) is 14.0 Å². The maximum absolute atomic E-state index is 14.6. The quantitative estimate of drug-likeness (QED) is 0.529. The zero-order chi connectivity index (χ0) is 25.6. The molecule has 0 unspecified atom stereocenters. The molecule has 1 heterocycles. The zero-order valence-corrected chi connectivity index (χ0v) is 21.1. The molecule has 1 aliphatic heterocycles. The fraction of sp³-hybridized carbons (Fsp3) is 0.444. The fourth-order valence-electron chi connectivity index (χ4n) is 4.08. The van der Waals surface area contributed by atoms with Gasteiger partial charge in [-0.1, -0.05) is 57.2 Å². The van der Waals surface area contributed by atoms with Crippen LogP contribution in [0.1, 0.15) is 50.8 Å². The summed E-state index contributed by atoms with van der Waals surface area (Å²) in [6.45, 7) is 6.37. The summed E-state index contributed by atoms with van der Waals surface area (Å²) >= 11 is 0. The van der Waals surface area contributed by atoms with Crippen molar-refractivity contribution in [3.8, 4) is 5.75 Å². The summed E-state index contributed by atoms with van der Waals surface area (Å²) in [4.78, 5) is 28.1. The molecule has 1 aliphatic rings. The number of carbonyl (C=O) groups is 2. The average molecular weight is 484 g/mol. The normalized spacial score (nSPS) is 15.7. The summed E-state index contributed by atoms with van der Waals surface area (Å²) in [5.74, 6) is -0.276. The number of rotatable bonds is 9. The first-order chi connectivity index (χ1) is 16.6. The van der Waals surface area contributed by atoms with Crippen molar-refractivity contribution in [2.45, 2.75) is 39.7 Å². The van der Waals surface area contributed by atoms with E-state index in [4.69, 9.17) is 9.47 Å². The molecule has 3 rings (SSSR count). The van der Waals surface area contributed by atoms with Crippen molar-refractivity contribution in [1.29, 1.82) is 0 Å². The van der Waals surface area contributed by atoms with Crippen molar-refractivity contribution in [3.63, 3.8) is 0 Å². The van der Waals surface area contributed by atoms with Gasteiger partial charge in [-0.3, -0.25) is 9.59 Å². The number of hydrogen-bond acceptors (Lipinski definition) is 5. The highest BCUT2D eigenvalue weighted by atomic mass is 19.1. The van der Waals surface area contributed by atoms with Crippen molar-refractivity contribution in [3.05, 3.63) is 65.5 Å². The number of hydrogen-bond donors (Lipinski definition) is 0. The highest BCUT2D eigenvalue weighted by Crippen LogP contribution is 2.37. The monoisotopic (exact) mass is 483 g/mol. The number of amides is 2. The minimum atomic E-state index is -0.491. The summed E-state index contributed by atoms with van der Waals surface area (Å²) in [5.41, 5.74) is 1.36. The Morgan fingerprint density at radius 2 is 1.80 bits per heavy atom. The number of halogens is 1. The average Bonchev–Trinajstić information content (AvgIpc) is 3.26. The minimum Gasteiger partial charge on any atom is -0.496 e. The Morgan fingerprint density at radius 1 is 1.11 bits per heavy atom. The van der Waals surface area contributed by atoms with Gasteiger partial charge in [0.2, 0.25) is 5.91 Å². The highest BCUT2D eigenvalue weighted by Gasteiger charge is 2.36. The van der Waals surface area contributed by atoms with E-state index in [0.29, 0.717) is 36.5 Å². The lowest BCUT2D eigenvalue weighted by Crippen LogP contribution is -2.43. The topological polar surface area (TPSA) is 71.4 Å². The van der Waals surface area contributed by atoms with Crippen LogP contribution in [0.2, 0.25) is 0 Å². The SMILES string of the molecule is COCCN(CC(=O)N1N=C(c2ccccc2F)C[C@H]1c1ccccc1OC)C(=O)CC(C)(C)C. The first-order valence-electron chi connectivity index (χ1n) is 11.7. The Hall–Kier alpha value is -3.26. The van der Waals surface area contributed by atoms with E-state index in [1.807, 2.05) is 45.0 Å². The van der Waals surface area contributed by atoms with Crippen LogP contribution in [0.4, 0.5) is 4.39 Å². The van der Waals surface area contributed by atoms with Crippen LogP contribution in [-0.4, -0.2) is 61.4 Å². The molecular weight excluding hydrogens is 449 g/mol. The Labute approximate surface area is 206 Å². The van der Waals surface area contributed by atoms with E-state index in [0.717, 1.165) is 5.56 Å². The number of carbonyl (C=O) groups excluding carboxylic acids is 2. The van der Waals surface area contributed by atoms with Crippen molar-refractivity contribution >= 4 is 17.5 Å². The molecule has 8 heteroatoms. The zero-order valence-electron chi connectivity index (χ0n) is 21.1. The van der Waals surface area contributed by atoms with Gasteiger partial charge in [-0.15, -0.1) is 0 Å². The molecule has 0 radical (unpaired) electrons.